The number of hydrogen-bond donors (Lipinski definition) is 1. The van der Waals surface area contributed by atoms with Crippen molar-refractivity contribution in [1.29, 1.82) is 0 Å². The van der Waals surface area contributed by atoms with Gasteiger partial charge in [0.2, 0.25) is 0 Å². The second kappa shape index (κ2) is 9.49. The molecule has 1 saturated carbocycles. The number of ether oxygens (including phenoxy) is 2. The van der Waals surface area contributed by atoms with Gasteiger partial charge in [-0.25, -0.2) is 9.18 Å². The van der Waals surface area contributed by atoms with Crippen LogP contribution in [-0.2, 0) is 16.0 Å². The minimum atomic E-state index is -4.91. The average Bonchev–Trinajstić information content (AvgIpc) is 3.51. The van der Waals surface area contributed by atoms with E-state index in [1.54, 1.807) is 12.1 Å². The van der Waals surface area contributed by atoms with Crippen molar-refractivity contribution in [2.24, 2.45) is 11.8 Å². The van der Waals surface area contributed by atoms with Gasteiger partial charge >= 0.3 is 18.1 Å². The fourth-order valence-corrected chi connectivity index (χ4v) is 5.83. The first-order chi connectivity index (χ1) is 17.2. The standard InChI is InChI=1S/C25H24F4N2O4S/c1-34-23(32)21-19(4-3-17-18-10-15(18)12-35-22(17)21)30-36-20-5-2-16(26)9-14(20)8-13-6-7-31(11-13)24(33)25(27,28)29/h2-5,9,13,15,18,30H,6-8,10-12H2,1H3. The Bertz CT molecular complexity index is 1210. The molecule has 2 heterocycles. The Morgan fingerprint density at radius 3 is 2.81 bits per heavy atom. The van der Waals surface area contributed by atoms with E-state index in [0.29, 0.717) is 58.7 Å². The predicted molar refractivity (Wildman–Crippen MR) is 124 cm³/mol. The number of benzene rings is 2. The number of anilines is 1. The second-order valence-electron chi connectivity index (χ2n) is 9.38. The van der Waals surface area contributed by atoms with E-state index in [1.165, 1.54) is 31.2 Å². The summed E-state index contributed by atoms with van der Waals surface area (Å²) in [6, 6.07) is 7.96. The Labute approximate surface area is 209 Å². The molecule has 0 spiro atoms. The van der Waals surface area contributed by atoms with Gasteiger partial charge in [0, 0.05) is 23.9 Å². The van der Waals surface area contributed by atoms with Crippen LogP contribution in [-0.4, -0.2) is 49.8 Å². The zero-order valence-corrected chi connectivity index (χ0v) is 20.2. The molecule has 3 atom stereocenters. The summed E-state index contributed by atoms with van der Waals surface area (Å²) in [6.45, 7) is 0.525. The maximum absolute atomic E-state index is 14.1. The lowest BCUT2D eigenvalue weighted by Gasteiger charge is -2.22. The van der Waals surface area contributed by atoms with Gasteiger partial charge in [-0.3, -0.25) is 4.79 Å². The molecular weight excluding hydrogens is 500 g/mol. The zero-order valence-electron chi connectivity index (χ0n) is 19.4. The van der Waals surface area contributed by atoms with Gasteiger partial charge in [0.15, 0.2) is 0 Å². The summed E-state index contributed by atoms with van der Waals surface area (Å²) in [5, 5.41) is 0. The molecule has 0 radical (unpaired) electrons. The molecule has 3 aliphatic rings. The van der Waals surface area contributed by atoms with Gasteiger partial charge in [-0.15, -0.1) is 0 Å². The van der Waals surface area contributed by atoms with Crippen molar-refractivity contribution in [2.75, 3.05) is 31.5 Å². The molecule has 1 saturated heterocycles. The van der Waals surface area contributed by atoms with Gasteiger partial charge in [0.05, 0.1) is 19.4 Å². The van der Waals surface area contributed by atoms with Crippen molar-refractivity contribution < 1.29 is 36.6 Å². The maximum Gasteiger partial charge on any atom is 0.471 e. The number of fused-ring (bicyclic) bond motifs is 3. The van der Waals surface area contributed by atoms with Crippen molar-refractivity contribution in [3.05, 3.63) is 52.8 Å². The van der Waals surface area contributed by atoms with Gasteiger partial charge in [0.25, 0.3) is 0 Å². The van der Waals surface area contributed by atoms with Gasteiger partial charge < -0.3 is 19.1 Å². The quantitative estimate of drug-likeness (QED) is 0.319. The Kier molecular flexibility index (Phi) is 6.52. The molecule has 2 aromatic rings. The minimum absolute atomic E-state index is 0.0124. The second-order valence-corrected chi connectivity index (χ2v) is 10.2. The lowest BCUT2D eigenvalue weighted by atomic mass is 9.98. The summed E-state index contributed by atoms with van der Waals surface area (Å²) in [5.74, 6) is -1.69. The van der Waals surface area contributed by atoms with Crippen LogP contribution < -0.4 is 9.46 Å². The lowest BCUT2D eigenvalue weighted by molar-refractivity contribution is -0.184. The molecule has 1 aliphatic carbocycles. The van der Waals surface area contributed by atoms with E-state index in [-0.39, 0.29) is 19.0 Å². The Balaban J connectivity index is 1.33. The Morgan fingerprint density at radius 2 is 2.06 bits per heavy atom. The molecule has 192 valence electrons. The minimum Gasteiger partial charge on any atom is -0.492 e. The predicted octanol–water partition coefficient (Wildman–Crippen LogP) is 5.18. The number of halogens is 4. The summed E-state index contributed by atoms with van der Waals surface area (Å²) < 4.78 is 66.5. The van der Waals surface area contributed by atoms with Crippen molar-refractivity contribution in [2.45, 2.75) is 36.3 Å². The van der Waals surface area contributed by atoms with Crippen LogP contribution >= 0.6 is 11.9 Å². The molecule has 6 nitrogen and oxygen atoms in total. The van der Waals surface area contributed by atoms with E-state index >= 15 is 0 Å². The molecule has 5 rings (SSSR count). The number of nitrogens with zero attached hydrogens (tertiary/aromatic N) is 1. The maximum atomic E-state index is 14.1. The highest BCUT2D eigenvalue weighted by molar-refractivity contribution is 8.00. The van der Waals surface area contributed by atoms with E-state index in [2.05, 4.69) is 4.72 Å². The van der Waals surface area contributed by atoms with Crippen LogP contribution in [0.3, 0.4) is 0 Å². The Hall–Kier alpha value is -2.95. The van der Waals surface area contributed by atoms with Crippen molar-refractivity contribution in [1.82, 2.24) is 4.90 Å². The number of carbonyl (C=O) groups excluding carboxylic acids is 2. The van der Waals surface area contributed by atoms with Crippen LogP contribution in [0.25, 0.3) is 0 Å². The number of methoxy groups -OCH3 is 1. The van der Waals surface area contributed by atoms with E-state index < -0.39 is 23.9 Å². The fraction of sp³-hybridized carbons (Fsp3) is 0.440. The van der Waals surface area contributed by atoms with Crippen LogP contribution in [0.2, 0.25) is 0 Å². The van der Waals surface area contributed by atoms with Crippen molar-refractivity contribution in [3.63, 3.8) is 0 Å². The normalized spacial score (nSPS) is 22.4. The molecule has 1 amide bonds. The smallest absolute Gasteiger partial charge is 0.471 e. The molecule has 1 N–H and O–H groups in total. The Morgan fingerprint density at radius 1 is 1.25 bits per heavy atom. The number of rotatable bonds is 6. The molecule has 2 aliphatic heterocycles. The molecule has 2 fully saturated rings. The van der Waals surface area contributed by atoms with E-state index in [1.807, 2.05) is 6.07 Å². The number of likely N-dealkylation sites (tertiary alicyclic amines) is 1. The van der Waals surface area contributed by atoms with E-state index in [0.717, 1.165) is 16.9 Å². The van der Waals surface area contributed by atoms with Crippen molar-refractivity contribution >= 4 is 29.5 Å². The molecule has 0 bridgehead atoms. The van der Waals surface area contributed by atoms with Crippen LogP contribution in [0.1, 0.15) is 40.2 Å². The van der Waals surface area contributed by atoms with Crippen LogP contribution in [0.5, 0.6) is 5.75 Å². The highest BCUT2D eigenvalue weighted by Crippen LogP contribution is 2.55. The first-order valence-corrected chi connectivity index (χ1v) is 12.4. The number of alkyl halides is 3. The van der Waals surface area contributed by atoms with Gasteiger partial charge in [0.1, 0.15) is 17.1 Å². The third-order valence-electron chi connectivity index (χ3n) is 6.96. The van der Waals surface area contributed by atoms with Crippen LogP contribution in [0.4, 0.5) is 23.2 Å². The highest BCUT2D eigenvalue weighted by atomic mass is 32.2. The van der Waals surface area contributed by atoms with Gasteiger partial charge in [-0.05, 0) is 78.4 Å². The summed E-state index contributed by atoms with van der Waals surface area (Å²) in [5.41, 5.74) is 2.38. The first-order valence-electron chi connectivity index (χ1n) is 11.6. The first kappa shape index (κ1) is 24.7. The lowest BCUT2D eigenvalue weighted by Crippen LogP contribution is -2.39. The number of carbonyl (C=O) groups is 2. The van der Waals surface area contributed by atoms with Gasteiger partial charge in [-0.1, -0.05) is 6.07 Å². The monoisotopic (exact) mass is 524 g/mol. The summed E-state index contributed by atoms with van der Waals surface area (Å²) in [7, 11) is 1.30. The summed E-state index contributed by atoms with van der Waals surface area (Å²) in [6.07, 6.45) is -3.17. The molecular formula is C25H24F4N2O4S. The summed E-state index contributed by atoms with van der Waals surface area (Å²) in [4.78, 5) is 25.6. The number of amides is 1. The zero-order chi connectivity index (χ0) is 25.6. The molecule has 0 aromatic heterocycles. The fourth-order valence-electron chi connectivity index (χ4n) is 5.03. The van der Waals surface area contributed by atoms with Gasteiger partial charge in [-0.2, -0.15) is 13.2 Å². The molecule has 36 heavy (non-hydrogen) atoms. The highest BCUT2D eigenvalue weighted by Gasteiger charge is 2.46. The van der Waals surface area contributed by atoms with Crippen LogP contribution in [0, 0.1) is 17.7 Å². The number of hydrogen-bond acceptors (Lipinski definition) is 6. The third kappa shape index (κ3) is 4.85. The number of esters is 1. The molecule has 3 unspecified atom stereocenters. The topological polar surface area (TPSA) is 67.9 Å². The van der Waals surface area contributed by atoms with E-state index in [9.17, 15) is 27.2 Å². The summed E-state index contributed by atoms with van der Waals surface area (Å²) >= 11 is 1.17. The van der Waals surface area contributed by atoms with Crippen molar-refractivity contribution in [3.8, 4) is 5.75 Å². The SMILES string of the molecule is COC(=O)c1c(NSc2ccc(F)cc2CC2CCN(C(=O)C(F)(F)F)C2)ccc2c1OCC1CC21. The molecule has 11 heteroatoms. The largest absolute Gasteiger partial charge is 0.492 e. The molecule has 2 aromatic carbocycles. The average molecular weight is 525 g/mol. The number of nitrogens with one attached hydrogen (secondary N) is 1. The third-order valence-corrected chi connectivity index (χ3v) is 7.90. The van der Waals surface area contributed by atoms with Crippen LogP contribution in [0.15, 0.2) is 35.2 Å². The van der Waals surface area contributed by atoms with E-state index in [4.69, 9.17) is 9.47 Å².